The molecule has 0 saturated heterocycles. The molecule has 4 aliphatic rings. The summed E-state index contributed by atoms with van der Waals surface area (Å²) in [6.45, 7) is 5.07. The summed E-state index contributed by atoms with van der Waals surface area (Å²) in [6, 6.07) is 46.7. The molecule has 0 unspecified atom stereocenters. The number of aryl methyl sites for hydroxylation is 1. The highest BCUT2D eigenvalue weighted by Crippen LogP contribution is 2.44. The van der Waals surface area contributed by atoms with Gasteiger partial charge in [-0.25, -0.2) is 18.3 Å². The predicted octanol–water partition coefficient (Wildman–Crippen LogP) is 16.8. The standard InChI is InChI=1S/C99H77Br3F9N21O8/c1-52-32-72-81(48-123(52)90(133)62-18-29-78(100)75(41-62)97(103,104)105)131-88(126(93(72)136)68-21-14-60(15-22-68)85-116-96(139)140-121(85)4)66(45-114-131)38-56-10-12-57(13-11-56)47-122-51-112-118-86(122)61-16-23-69(24-17-61)127-89-67(46-115-132(89)83-50-125(53(2)33-73(83)94(127)137)92(135)64-20-31-80(102)77(43-64)99(109,110)111)39-58-35-59(36-58)40-84-117-119-120-129(84)71-27-25-70(26-28-71)128-87-65(37-55-8-6-5-7-9-55)44-113-130(87)82-49-124(54(3)34-74(82)95(128)138)91(134)63-19-30-79(101)76(42-63)98(106,107)108/h5-31,41-46,51-54,58-59H,32-40,47-50H2,1-4H3/t52-,53-,54-,58?,59?/m1/s1. The van der Waals surface area contributed by atoms with Gasteiger partial charge in [0, 0.05) is 119 Å². The van der Waals surface area contributed by atoms with Crippen molar-refractivity contribution >= 4 is 82.5 Å². The van der Waals surface area contributed by atoms with Crippen LogP contribution in [-0.2, 0) is 96.7 Å². The number of carbonyl (C=O) groups excluding carboxylic acids is 3. The van der Waals surface area contributed by atoms with Crippen LogP contribution in [0.5, 0.6) is 0 Å². The van der Waals surface area contributed by atoms with Crippen LogP contribution in [0.15, 0.2) is 244 Å². The third-order valence-electron chi connectivity index (χ3n) is 27.0. The molecule has 0 N–H and O–H groups in total. The molecule has 0 radical (unpaired) electrons. The number of amides is 3. The molecule has 41 heteroatoms. The molecule has 3 amide bonds. The van der Waals surface area contributed by atoms with Gasteiger partial charge in [-0.05, 0) is 226 Å². The van der Waals surface area contributed by atoms with Gasteiger partial charge >= 0.3 is 24.3 Å². The monoisotopic (exact) mass is 2100 g/mol. The first-order chi connectivity index (χ1) is 67.0. The van der Waals surface area contributed by atoms with Gasteiger partial charge in [0.15, 0.2) is 17.5 Å². The number of benzene rings is 8. The molecule has 9 aromatic heterocycles. The summed E-state index contributed by atoms with van der Waals surface area (Å²) in [5.74, 6) is -1.30. The Morgan fingerprint density at radius 3 is 1.25 bits per heavy atom. The van der Waals surface area contributed by atoms with Crippen LogP contribution in [0.4, 0.5) is 39.5 Å². The second-order valence-electron chi connectivity index (χ2n) is 35.9. The van der Waals surface area contributed by atoms with Gasteiger partial charge in [0.05, 0.1) is 101 Å². The zero-order chi connectivity index (χ0) is 97.7. The second kappa shape index (κ2) is 35.4. The lowest BCUT2D eigenvalue weighted by atomic mass is 9.71. The molecule has 12 heterocycles. The highest BCUT2D eigenvalue weighted by atomic mass is 79.9. The van der Waals surface area contributed by atoms with Crippen LogP contribution in [0.3, 0.4) is 0 Å². The van der Waals surface area contributed by atoms with Crippen LogP contribution in [-0.4, -0.2) is 138 Å². The molecule has 1 saturated carbocycles. The molecule has 21 rings (SSSR count). The van der Waals surface area contributed by atoms with E-state index in [1.165, 1.54) is 62.9 Å². The maximum Gasteiger partial charge on any atom is 0.460 e. The van der Waals surface area contributed by atoms with Crippen molar-refractivity contribution in [1.29, 1.82) is 0 Å². The van der Waals surface area contributed by atoms with Crippen molar-refractivity contribution in [2.75, 3.05) is 0 Å². The van der Waals surface area contributed by atoms with E-state index >= 15 is 14.4 Å². The van der Waals surface area contributed by atoms with Crippen LogP contribution in [0.2, 0.25) is 0 Å². The van der Waals surface area contributed by atoms with E-state index < -0.39 is 82.4 Å². The Hall–Kier alpha value is -14.6. The summed E-state index contributed by atoms with van der Waals surface area (Å²) in [5, 5.41) is 36.6. The Balaban J connectivity index is 0.546. The minimum atomic E-state index is -4.77. The lowest BCUT2D eigenvalue weighted by molar-refractivity contribution is -0.139. The van der Waals surface area contributed by atoms with E-state index in [-0.39, 0.29) is 104 Å². The van der Waals surface area contributed by atoms with E-state index in [1.807, 2.05) is 83.4 Å². The van der Waals surface area contributed by atoms with Crippen molar-refractivity contribution in [1.82, 2.24) is 102 Å². The molecule has 1 aliphatic carbocycles. The van der Waals surface area contributed by atoms with E-state index in [1.54, 1.807) is 126 Å². The lowest BCUT2D eigenvalue weighted by Gasteiger charge is -2.36. The molecule has 8 aromatic carbocycles. The molecule has 0 spiro atoms. The van der Waals surface area contributed by atoms with Gasteiger partial charge in [-0.2, -0.15) is 69.2 Å². The number of hydrogen-bond acceptors (Lipinski definition) is 17. The maximum absolute atomic E-state index is 15.7. The Kier molecular flexibility index (Phi) is 23.2. The largest absolute Gasteiger partial charge is 0.460 e. The summed E-state index contributed by atoms with van der Waals surface area (Å²) < 4.78 is 147. The fourth-order valence-corrected chi connectivity index (χ4v) is 21.4. The fourth-order valence-electron chi connectivity index (χ4n) is 20.0. The Morgan fingerprint density at radius 2 is 0.829 bits per heavy atom. The van der Waals surface area contributed by atoms with Crippen LogP contribution < -0.4 is 22.4 Å². The van der Waals surface area contributed by atoms with Crippen LogP contribution in [0.25, 0.3) is 62.5 Å². The summed E-state index contributed by atoms with van der Waals surface area (Å²) in [5.41, 5.74) is 6.62. The smallest absolute Gasteiger partial charge is 0.330 e. The number of aromatic nitrogens is 18. The number of rotatable bonds is 19. The number of hydrogen-bond donors (Lipinski definition) is 0. The van der Waals surface area contributed by atoms with Crippen molar-refractivity contribution in [3.8, 4) is 45.5 Å². The Bertz CT molecular complexity index is 8160. The Morgan fingerprint density at radius 1 is 0.443 bits per heavy atom. The summed E-state index contributed by atoms with van der Waals surface area (Å²) in [4.78, 5) is 110. The van der Waals surface area contributed by atoms with Gasteiger partial charge in [0.25, 0.3) is 34.4 Å². The first-order valence-electron chi connectivity index (χ1n) is 44.6. The molecule has 3 aliphatic heterocycles. The predicted molar refractivity (Wildman–Crippen MR) is 503 cm³/mol. The normalized spacial score (nSPS) is 16.7. The third-order valence-corrected chi connectivity index (χ3v) is 29.1. The zero-order valence-electron chi connectivity index (χ0n) is 74.4. The van der Waals surface area contributed by atoms with Gasteiger partial charge in [-0.1, -0.05) is 102 Å². The molecule has 29 nitrogen and oxygen atoms in total. The molecular weight excluding hydrogens is 2020 g/mol. The van der Waals surface area contributed by atoms with Crippen molar-refractivity contribution < 1.29 is 58.4 Å². The minimum Gasteiger partial charge on any atom is -0.330 e. The Labute approximate surface area is 811 Å². The average molecular weight is 2100 g/mol. The first-order valence-corrected chi connectivity index (χ1v) is 47.0. The van der Waals surface area contributed by atoms with Gasteiger partial charge in [0.1, 0.15) is 23.3 Å². The van der Waals surface area contributed by atoms with E-state index in [4.69, 9.17) is 19.8 Å². The van der Waals surface area contributed by atoms with Gasteiger partial charge in [-0.3, -0.25) is 42.5 Å². The first kappa shape index (κ1) is 91.8. The summed E-state index contributed by atoms with van der Waals surface area (Å²) >= 11 is 8.96. The van der Waals surface area contributed by atoms with Crippen molar-refractivity contribution in [2.45, 2.75) is 141 Å². The van der Waals surface area contributed by atoms with E-state index in [9.17, 15) is 58.7 Å². The van der Waals surface area contributed by atoms with Gasteiger partial charge in [0.2, 0.25) is 0 Å². The van der Waals surface area contributed by atoms with Crippen LogP contribution in [0.1, 0.15) is 154 Å². The van der Waals surface area contributed by atoms with E-state index in [0.717, 1.165) is 34.9 Å². The van der Waals surface area contributed by atoms with Crippen molar-refractivity contribution in [3.05, 3.63) is 368 Å². The topological polar surface area (TPSA) is 301 Å². The van der Waals surface area contributed by atoms with E-state index in [2.05, 4.69) is 78.5 Å². The molecule has 1 fully saturated rings. The number of carbonyl (C=O) groups is 3. The van der Waals surface area contributed by atoms with Gasteiger partial charge < -0.3 is 23.8 Å². The minimum absolute atomic E-state index is 0.0345. The lowest BCUT2D eigenvalue weighted by Crippen LogP contribution is -2.46. The summed E-state index contributed by atoms with van der Waals surface area (Å²) in [7, 11) is 1.54. The number of nitrogens with zero attached hydrogens (tertiary/aromatic N) is 21. The maximum atomic E-state index is 15.7. The molecule has 3 atom stereocenters. The number of halogens is 12. The SMILES string of the molecule is C[C@@H]1Cc2c(n3ncc(Cc4ccc(Cn5cnnc5-c5ccc(-n6c(=O)c7c(n8ncc(CC9CC(Cc%10nnnn%10-c%10ccc(-n%11c(=O)c%12c(n%13ncc(Cc%14ccccc%14)c%11%13)CN(C(=O)c%11ccc(Br)c(C(F)(F)F)c%11)[C@H](C)C%12)cc%10)C9)c68)CN(C(=O)c6ccc(Br)c(C(F)(F)F)c6)[C@H](C)C7)cc5)cc4)c3n(-c3ccc(-c4nc(=O)on4C)cc3)c2=O)CN1C(=O)c1ccc(Br)c(C(F)(F)F)c1. The van der Waals surface area contributed by atoms with E-state index in [0.29, 0.717) is 152 Å². The van der Waals surface area contributed by atoms with Crippen LogP contribution in [0, 0.1) is 11.8 Å². The van der Waals surface area contributed by atoms with Crippen molar-refractivity contribution in [2.24, 2.45) is 18.9 Å². The zero-order valence-corrected chi connectivity index (χ0v) is 79.2. The summed E-state index contributed by atoms with van der Waals surface area (Å²) in [6.07, 6.45) is -4.51. The number of alkyl halides is 9. The third kappa shape index (κ3) is 16.6. The molecule has 0 bridgehead atoms. The second-order valence-corrected chi connectivity index (χ2v) is 38.5. The molecule has 710 valence electrons. The van der Waals surface area contributed by atoms with Gasteiger partial charge in [-0.15, -0.1) is 15.3 Å². The quantitative estimate of drug-likeness (QED) is 0.0679. The fraction of sp³-hybridized carbons (Fsp3) is 0.253. The van der Waals surface area contributed by atoms with Crippen molar-refractivity contribution in [3.63, 3.8) is 0 Å². The highest BCUT2D eigenvalue weighted by Gasteiger charge is 2.43. The molecule has 140 heavy (non-hydrogen) atoms. The number of tetrazole rings is 1. The highest BCUT2D eigenvalue weighted by molar-refractivity contribution is 9.11. The molecule has 17 aromatic rings. The average Bonchev–Trinajstić information content (AvgIpc) is 1.71. The van der Waals surface area contributed by atoms with Crippen LogP contribution >= 0.6 is 47.8 Å². The number of fused-ring (bicyclic) bond motifs is 9. The molecular formula is C99H77Br3F9N21O8.